The van der Waals surface area contributed by atoms with Crippen LogP contribution in [0.5, 0.6) is 0 Å². The maximum atomic E-state index is 11.6. The van der Waals surface area contributed by atoms with Crippen molar-refractivity contribution in [2.45, 2.75) is 4.90 Å². The predicted octanol–water partition coefficient (Wildman–Crippen LogP) is 0.388. The molecule has 9 heteroatoms. The molecule has 0 bridgehead atoms. The molecule has 0 radical (unpaired) electrons. The SMILES string of the molecule is CS(=O)(=O)CCNC(=O)c1ccc(S(=O)(=O)Cl)cc1. The summed E-state index contributed by atoms with van der Waals surface area (Å²) in [5.74, 6) is -0.644. The van der Waals surface area contributed by atoms with Gasteiger partial charge in [0.25, 0.3) is 15.0 Å². The van der Waals surface area contributed by atoms with Gasteiger partial charge >= 0.3 is 0 Å². The lowest BCUT2D eigenvalue weighted by Gasteiger charge is -2.04. The largest absolute Gasteiger partial charge is 0.351 e. The van der Waals surface area contributed by atoms with Crippen molar-refractivity contribution in [2.75, 3.05) is 18.6 Å². The van der Waals surface area contributed by atoms with Crippen molar-refractivity contribution in [2.24, 2.45) is 0 Å². The molecular weight excluding hydrogens is 314 g/mol. The molecule has 1 aromatic carbocycles. The van der Waals surface area contributed by atoms with Gasteiger partial charge in [0.1, 0.15) is 9.84 Å². The second-order valence-corrected chi connectivity index (χ2v) is 8.67. The van der Waals surface area contributed by atoms with Gasteiger partial charge in [0.15, 0.2) is 0 Å². The summed E-state index contributed by atoms with van der Waals surface area (Å²) in [7, 11) is -1.83. The van der Waals surface area contributed by atoms with Gasteiger partial charge in [-0.15, -0.1) is 0 Å². The van der Waals surface area contributed by atoms with E-state index in [2.05, 4.69) is 5.32 Å². The minimum atomic E-state index is -3.82. The molecule has 19 heavy (non-hydrogen) atoms. The number of benzene rings is 1. The van der Waals surface area contributed by atoms with E-state index >= 15 is 0 Å². The molecule has 0 aromatic heterocycles. The van der Waals surface area contributed by atoms with Gasteiger partial charge in [-0.25, -0.2) is 16.8 Å². The van der Waals surface area contributed by atoms with E-state index in [-0.39, 0.29) is 22.8 Å². The summed E-state index contributed by atoms with van der Waals surface area (Å²) in [6, 6.07) is 5.00. The number of carbonyl (C=O) groups is 1. The fraction of sp³-hybridized carbons (Fsp3) is 0.300. The molecule has 0 fully saturated rings. The first-order valence-electron chi connectivity index (χ1n) is 5.10. The normalized spacial score (nSPS) is 12.1. The van der Waals surface area contributed by atoms with Crippen LogP contribution in [-0.4, -0.2) is 41.3 Å². The van der Waals surface area contributed by atoms with Crippen molar-refractivity contribution in [1.82, 2.24) is 5.32 Å². The van der Waals surface area contributed by atoms with E-state index in [0.29, 0.717) is 0 Å². The highest BCUT2D eigenvalue weighted by Gasteiger charge is 2.12. The summed E-state index contributed by atoms with van der Waals surface area (Å²) in [6.07, 6.45) is 1.07. The van der Waals surface area contributed by atoms with Crippen molar-refractivity contribution in [1.29, 1.82) is 0 Å². The van der Waals surface area contributed by atoms with E-state index in [9.17, 15) is 21.6 Å². The number of sulfone groups is 1. The summed E-state index contributed by atoms with van der Waals surface area (Å²) in [4.78, 5) is 11.5. The van der Waals surface area contributed by atoms with E-state index in [0.717, 1.165) is 6.26 Å². The third-order valence-electron chi connectivity index (χ3n) is 2.16. The predicted molar refractivity (Wildman–Crippen MR) is 71.5 cm³/mol. The molecule has 0 unspecified atom stereocenters. The van der Waals surface area contributed by atoms with Crippen LogP contribution in [-0.2, 0) is 18.9 Å². The molecule has 0 heterocycles. The molecule has 0 spiro atoms. The molecule has 0 saturated carbocycles. The first kappa shape index (κ1) is 15.9. The molecule has 6 nitrogen and oxygen atoms in total. The Balaban J connectivity index is 2.69. The van der Waals surface area contributed by atoms with Gasteiger partial charge in [0.05, 0.1) is 10.6 Å². The first-order chi connectivity index (χ1) is 8.59. The van der Waals surface area contributed by atoms with Gasteiger partial charge in [-0.3, -0.25) is 4.79 Å². The average Bonchev–Trinajstić information content (AvgIpc) is 2.26. The van der Waals surface area contributed by atoms with Gasteiger partial charge in [0, 0.05) is 29.0 Å². The average molecular weight is 326 g/mol. The minimum absolute atomic E-state index is 0.00672. The van der Waals surface area contributed by atoms with Crippen LogP contribution in [0.2, 0.25) is 0 Å². The first-order valence-corrected chi connectivity index (χ1v) is 9.47. The zero-order valence-electron chi connectivity index (χ0n) is 9.96. The minimum Gasteiger partial charge on any atom is -0.351 e. The summed E-state index contributed by atoms with van der Waals surface area (Å²) < 4.78 is 43.7. The molecule has 1 amide bonds. The van der Waals surface area contributed by atoms with Crippen molar-refractivity contribution in [3.05, 3.63) is 29.8 Å². The third-order valence-corrected chi connectivity index (χ3v) is 4.47. The monoisotopic (exact) mass is 325 g/mol. The van der Waals surface area contributed by atoms with E-state index in [1.54, 1.807) is 0 Å². The molecule has 0 saturated heterocycles. The van der Waals surface area contributed by atoms with Crippen molar-refractivity contribution in [3.8, 4) is 0 Å². The molecule has 1 rings (SSSR count). The number of hydrogen-bond donors (Lipinski definition) is 1. The summed E-state index contributed by atoms with van der Waals surface area (Å²) in [6.45, 7) is -0.00672. The smallest absolute Gasteiger partial charge is 0.261 e. The van der Waals surface area contributed by atoms with Gasteiger partial charge in [-0.2, -0.15) is 0 Å². The van der Waals surface area contributed by atoms with Crippen LogP contribution in [0.25, 0.3) is 0 Å². The highest BCUT2D eigenvalue weighted by molar-refractivity contribution is 8.13. The van der Waals surface area contributed by atoms with Crippen molar-refractivity contribution < 1.29 is 21.6 Å². The number of halogens is 1. The summed E-state index contributed by atoms with van der Waals surface area (Å²) >= 11 is 0. The van der Waals surface area contributed by atoms with E-state index in [1.807, 2.05) is 0 Å². The number of hydrogen-bond acceptors (Lipinski definition) is 5. The lowest BCUT2D eigenvalue weighted by atomic mass is 10.2. The van der Waals surface area contributed by atoms with Crippen LogP contribution in [0.3, 0.4) is 0 Å². The molecule has 1 aromatic rings. The maximum Gasteiger partial charge on any atom is 0.261 e. The summed E-state index contributed by atoms with van der Waals surface area (Å²) in [5.41, 5.74) is 0.220. The second kappa shape index (κ2) is 5.89. The third kappa shape index (κ3) is 5.58. The second-order valence-electron chi connectivity index (χ2n) is 3.85. The molecule has 0 aliphatic rings. The van der Waals surface area contributed by atoms with Gasteiger partial charge < -0.3 is 5.32 Å². The zero-order valence-corrected chi connectivity index (χ0v) is 12.3. The lowest BCUT2D eigenvalue weighted by Crippen LogP contribution is -2.28. The highest BCUT2D eigenvalue weighted by atomic mass is 35.7. The van der Waals surface area contributed by atoms with Gasteiger partial charge in [0.2, 0.25) is 0 Å². The Morgan fingerprint density at radius 2 is 1.68 bits per heavy atom. The molecule has 0 aliphatic heterocycles. The van der Waals surface area contributed by atoms with Crippen molar-refractivity contribution >= 4 is 35.5 Å². The Bertz CT molecular complexity index is 664. The van der Waals surface area contributed by atoms with Crippen LogP contribution < -0.4 is 5.32 Å². The molecule has 0 aliphatic carbocycles. The zero-order chi connectivity index (χ0) is 14.7. The standard InChI is InChI=1S/C10H12ClNO5S2/c1-18(14,15)7-6-12-10(13)8-2-4-9(5-3-8)19(11,16)17/h2-5H,6-7H2,1H3,(H,12,13). The van der Waals surface area contributed by atoms with Crippen LogP contribution in [0.4, 0.5) is 0 Å². The maximum absolute atomic E-state index is 11.6. The lowest BCUT2D eigenvalue weighted by molar-refractivity contribution is 0.0956. The van der Waals surface area contributed by atoms with E-state index in [4.69, 9.17) is 10.7 Å². The fourth-order valence-electron chi connectivity index (χ4n) is 1.22. The van der Waals surface area contributed by atoms with Gasteiger partial charge in [-0.1, -0.05) is 0 Å². The summed E-state index contributed by atoms with van der Waals surface area (Å²) in [5, 5.41) is 2.41. The van der Waals surface area contributed by atoms with Gasteiger partial charge in [-0.05, 0) is 24.3 Å². The highest BCUT2D eigenvalue weighted by Crippen LogP contribution is 2.15. The molecule has 1 N–H and O–H groups in total. The Morgan fingerprint density at radius 3 is 2.11 bits per heavy atom. The Labute approximate surface area is 116 Å². The van der Waals surface area contributed by atoms with Crippen LogP contribution in [0.15, 0.2) is 29.2 Å². The van der Waals surface area contributed by atoms with E-state index < -0.39 is 24.8 Å². The molecular formula is C10H12ClNO5S2. The molecule has 106 valence electrons. The topological polar surface area (TPSA) is 97.4 Å². The number of amides is 1. The quantitative estimate of drug-likeness (QED) is 0.790. The Hall–Kier alpha value is -1.12. The van der Waals surface area contributed by atoms with Crippen LogP contribution in [0, 0.1) is 0 Å². The Morgan fingerprint density at radius 1 is 1.16 bits per heavy atom. The fourth-order valence-corrected chi connectivity index (χ4v) is 2.46. The van der Waals surface area contributed by atoms with Crippen molar-refractivity contribution in [3.63, 3.8) is 0 Å². The van der Waals surface area contributed by atoms with Crippen LogP contribution >= 0.6 is 10.7 Å². The van der Waals surface area contributed by atoms with E-state index in [1.165, 1.54) is 24.3 Å². The number of nitrogens with one attached hydrogen (secondary N) is 1. The Kier molecular flexibility index (Phi) is 4.94. The number of carbonyl (C=O) groups excluding carboxylic acids is 1. The van der Waals surface area contributed by atoms with Crippen LogP contribution in [0.1, 0.15) is 10.4 Å². The number of rotatable bonds is 5. The molecule has 0 atom stereocenters.